The van der Waals surface area contributed by atoms with E-state index in [9.17, 15) is 4.79 Å². The van der Waals surface area contributed by atoms with Gasteiger partial charge in [0.05, 0.1) is 6.26 Å². The largest absolute Gasteiger partial charge is 0.459 e. The maximum absolute atomic E-state index is 11.7. The summed E-state index contributed by atoms with van der Waals surface area (Å²) in [6.07, 6.45) is 6.79. The Balaban J connectivity index is 1.61. The van der Waals surface area contributed by atoms with E-state index in [1.807, 2.05) is 6.92 Å². The number of carbonyl (C=O) groups excluding carboxylic acids is 1. The van der Waals surface area contributed by atoms with Crippen molar-refractivity contribution in [1.29, 1.82) is 0 Å². The van der Waals surface area contributed by atoms with Gasteiger partial charge in [0.1, 0.15) is 0 Å². The monoisotopic (exact) mass is 246 g/mol. The molecule has 96 valence electrons. The molecule has 0 spiro atoms. The van der Waals surface area contributed by atoms with Gasteiger partial charge in [-0.05, 0) is 50.2 Å². The molecular formula is C14H18N2O2. The van der Waals surface area contributed by atoms with Crippen LogP contribution in [0.25, 0.3) is 0 Å². The van der Waals surface area contributed by atoms with Crippen molar-refractivity contribution in [2.75, 3.05) is 0 Å². The lowest BCUT2D eigenvalue weighted by Gasteiger charge is -2.21. The first-order chi connectivity index (χ1) is 8.74. The fourth-order valence-electron chi connectivity index (χ4n) is 3.44. The molecular weight excluding hydrogens is 228 g/mol. The van der Waals surface area contributed by atoms with Crippen LogP contribution in [0.1, 0.15) is 43.2 Å². The third kappa shape index (κ3) is 2.07. The summed E-state index contributed by atoms with van der Waals surface area (Å²) >= 11 is 0. The van der Waals surface area contributed by atoms with Crippen LogP contribution in [0.4, 0.5) is 0 Å². The van der Waals surface area contributed by atoms with Crippen molar-refractivity contribution in [2.24, 2.45) is 22.9 Å². The normalized spacial score (nSPS) is 30.7. The first-order valence-electron chi connectivity index (χ1n) is 6.62. The van der Waals surface area contributed by atoms with Crippen molar-refractivity contribution in [3.05, 3.63) is 24.2 Å². The highest BCUT2D eigenvalue weighted by Gasteiger charge is 2.40. The molecule has 0 radical (unpaired) electrons. The topological polar surface area (TPSA) is 54.6 Å². The Labute approximate surface area is 106 Å². The van der Waals surface area contributed by atoms with E-state index in [-0.39, 0.29) is 5.91 Å². The highest BCUT2D eigenvalue weighted by atomic mass is 16.3. The molecule has 1 N–H and O–H groups in total. The Kier molecular flexibility index (Phi) is 2.94. The molecule has 3 unspecified atom stereocenters. The van der Waals surface area contributed by atoms with Crippen LogP contribution in [-0.2, 0) is 0 Å². The lowest BCUT2D eigenvalue weighted by atomic mass is 9.86. The molecule has 2 bridgehead atoms. The number of furan rings is 1. The molecule has 2 aliphatic carbocycles. The van der Waals surface area contributed by atoms with Gasteiger partial charge in [0, 0.05) is 11.6 Å². The van der Waals surface area contributed by atoms with E-state index in [2.05, 4.69) is 10.5 Å². The van der Waals surface area contributed by atoms with E-state index in [0.29, 0.717) is 11.7 Å². The molecule has 1 aromatic rings. The molecule has 3 atom stereocenters. The van der Waals surface area contributed by atoms with Gasteiger partial charge in [0.15, 0.2) is 5.76 Å². The molecule has 4 heteroatoms. The summed E-state index contributed by atoms with van der Waals surface area (Å²) in [5.41, 5.74) is 3.63. The lowest BCUT2D eigenvalue weighted by Crippen LogP contribution is -2.24. The number of nitrogens with one attached hydrogen (secondary N) is 1. The highest BCUT2D eigenvalue weighted by Crippen LogP contribution is 2.48. The molecule has 1 heterocycles. The third-order valence-corrected chi connectivity index (χ3v) is 4.35. The van der Waals surface area contributed by atoms with Gasteiger partial charge in [-0.25, -0.2) is 5.43 Å². The van der Waals surface area contributed by atoms with Crippen LogP contribution in [0.3, 0.4) is 0 Å². The van der Waals surface area contributed by atoms with Crippen molar-refractivity contribution in [2.45, 2.75) is 32.6 Å². The molecule has 0 aliphatic heterocycles. The Hall–Kier alpha value is -1.58. The van der Waals surface area contributed by atoms with Crippen molar-refractivity contribution in [3.63, 3.8) is 0 Å². The third-order valence-electron chi connectivity index (χ3n) is 4.35. The average molecular weight is 246 g/mol. The van der Waals surface area contributed by atoms with Crippen LogP contribution >= 0.6 is 0 Å². The molecule has 1 amide bonds. The van der Waals surface area contributed by atoms with Crippen molar-refractivity contribution >= 4 is 11.6 Å². The zero-order chi connectivity index (χ0) is 12.5. The van der Waals surface area contributed by atoms with E-state index in [1.165, 1.54) is 31.9 Å². The Morgan fingerprint density at radius 2 is 2.33 bits per heavy atom. The molecule has 3 rings (SSSR count). The predicted octanol–water partition coefficient (Wildman–Crippen LogP) is 2.82. The highest BCUT2D eigenvalue weighted by molar-refractivity contribution is 5.93. The maximum atomic E-state index is 11.7. The van der Waals surface area contributed by atoms with Gasteiger partial charge in [-0.1, -0.05) is 6.42 Å². The summed E-state index contributed by atoms with van der Waals surface area (Å²) in [5, 5.41) is 4.24. The maximum Gasteiger partial charge on any atom is 0.307 e. The molecule has 2 fully saturated rings. The first-order valence-corrected chi connectivity index (χ1v) is 6.62. The molecule has 4 nitrogen and oxygen atoms in total. The molecule has 0 aromatic carbocycles. The number of carbonyl (C=O) groups is 1. The standard InChI is InChI=1S/C14H18N2O2/c1-9(12-8-10-4-5-11(12)7-10)15-16-14(17)13-3-2-6-18-13/h2-3,6,10-12H,4-5,7-8H2,1H3,(H,16,17)/b15-9+. The second kappa shape index (κ2) is 4.59. The summed E-state index contributed by atoms with van der Waals surface area (Å²) in [5.74, 6) is 2.29. The number of hydrazone groups is 1. The second-order valence-electron chi connectivity index (χ2n) is 5.45. The van der Waals surface area contributed by atoms with E-state index in [0.717, 1.165) is 17.5 Å². The van der Waals surface area contributed by atoms with Crippen molar-refractivity contribution < 1.29 is 9.21 Å². The SMILES string of the molecule is C/C(=N\NC(=O)c1ccco1)C1CC2CCC1C2. The van der Waals surface area contributed by atoms with Crippen LogP contribution in [-0.4, -0.2) is 11.6 Å². The van der Waals surface area contributed by atoms with Gasteiger partial charge in [0.2, 0.25) is 0 Å². The number of hydrogen-bond acceptors (Lipinski definition) is 3. The molecule has 2 aliphatic rings. The van der Waals surface area contributed by atoms with Gasteiger partial charge in [0.25, 0.3) is 0 Å². The molecule has 0 saturated heterocycles. The van der Waals surface area contributed by atoms with Gasteiger partial charge in [-0.15, -0.1) is 0 Å². The van der Waals surface area contributed by atoms with Gasteiger partial charge < -0.3 is 4.42 Å². The van der Waals surface area contributed by atoms with Gasteiger partial charge in [-0.2, -0.15) is 5.10 Å². The van der Waals surface area contributed by atoms with Crippen molar-refractivity contribution in [3.8, 4) is 0 Å². The quantitative estimate of drug-likeness (QED) is 0.658. The fourth-order valence-corrected chi connectivity index (χ4v) is 3.44. The summed E-state index contributed by atoms with van der Waals surface area (Å²) in [4.78, 5) is 11.7. The number of nitrogens with zero attached hydrogens (tertiary/aromatic N) is 1. The number of fused-ring (bicyclic) bond motifs is 2. The Morgan fingerprint density at radius 3 is 2.94 bits per heavy atom. The Bertz CT molecular complexity index is 464. The number of amides is 1. The van der Waals surface area contributed by atoms with E-state index in [4.69, 9.17) is 4.42 Å². The average Bonchev–Trinajstić information content (AvgIpc) is 3.09. The minimum absolute atomic E-state index is 0.275. The number of hydrogen-bond donors (Lipinski definition) is 1. The summed E-state index contributed by atoms with van der Waals surface area (Å²) < 4.78 is 5.02. The van der Waals surface area contributed by atoms with E-state index < -0.39 is 0 Å². The van der Waals surface area contributed by atoms with Gasteiger partial charge in [-0.3, -0.25) is 4.79 Å². The minimum atomic E-state index is -0.275. The first kappa shape index (κ1) is 11.5. The van der Waals surface area contributed by atoms with E-state index in [1.54, 1.807) is 12.1 Å². The number of rotatable bonds is 3. The summed E-state index contributed by atoms with van der Waals surface area (Å²) in [6, 6.07) is 3.33. The van der Waals surface area contributed by atoms with Crippen LogP contribution < -0.4 is 5.43 Å². The minimum Gasteiger partial charge on any atom is -0.459 e. The van der Waals surface area contributed by atoms with Crippen LogP contribution in [0, 0.1) is 17.8 Å². The zero-order valence-corrected chi connectivity index (χ0v) is 10.6. The Morgan fingerprint density at radius 1 is 1.44 bits per heavy atom. The van der Waals surface area contributed by atoms with E-state index >= 15 is 0 Å². The zero-order valence-electron chi connectivity index (χ0n) is 10.6. The summed E-state index contributed by atoms with van der Waals surface area (Å²) in [6.45, 7) is 2.02. The predicted molar refractivity (Wildman–Crippen MR) is 68.2 cm³/mol. The van der Waals surface area contributed by atoms with Crippen LogP contribution in [0.5, 0.6) is 0 Å². The molecule has 18 heavy (non-hydrogen) atoms. The lowest BCUT2D eigenvalue weighted by molar-refractivity contribution is 0.0927. The van der Waals surface area contributed by atoms with Crippen LogP contribution in [0.15, 0.2) is 27.9 Å². The summed E-state index contributed by atoms with van der Waals surface area (Å²) in [7, 11) is 0. The van der Waals surface area contributed by atoms with Crippen LogP contribution in [0.2, 0.25) is 0 Å². The second-order valence-corrected chi connectivity index (χ2v) is 5.45. The smallest absolute Gasteiger partial charge is 0.307 e. The fraction of sp³-hybridized carbons (Fsp3) is 0.571. The van der Waals surface area contributed by atoms with Crippen molar-refractivity contribution in [1.82, 2.24) is 5.43 Å². The molecule has 1 aromatic heterocycles. The molecule has 2 saturated carbocycles. The van der Waals surface area contributed by atoms with Gasteiger partial charge >= 0.3 is 5.91 Å².